The van der Waals surface area contributed by atoms with Gasteiger partial charge in [-0.1, -0.05) is 212 Å². The third kappa shape index (κ3) is 5.95. The van der Waals surface area contributed by atoms with Crippen molar-refractivity contribution in [1.29, 1.82) is 0 Å². The second-order valence-corrected chi connectivity index (χ2v) is 14.6. The van der Waals surface area contributed by atoms with Gasteiger partial charge in [-0.2, -0.15) is 0 Å². The normalized spacial score (nSPS) is 18.4. The Bertz CT molecular complexity index is 2170. The molecule has 4 nitrogen and oxygen atoms in total. The van der Waals surface area contributed by atoms with E-state index in [4.69, 9.17) is 19.5 Å². The molecule has 0 aromatic heterocycles. The molecule has 9 rings (SSSR count). The fraction of sp³-hybridized carbons (Fsp3) is 0.137. The molecule has 2 aliphatic rings. The summed E-state index contributed by atoms with van der Waals surface area (Å²) in [7, 11) is 0. The van der Waals surface area contributed by atoms with Crippen LogP contribution in [0.25, 0.3) is 0 Å². The second kappa shape index (κ2) is 14.4. The van der Waals surface area contributed by atoms with E-state index in [1.54, 1.807) is 0 Å². The minimum Gasteiger partial charge on any atom is -0.461 e. The summed E-state index contributed by atoms with van der Waals surface area (Å²) in [6.45, 7) is 2.19. The highest BCUT2D eigenvalue weighted by atomic mass is 16.5. The van der Waals surface area contributed by atoms with E-state index < -0.39 is 28.7 Å². The third-order valence-corrected chi connectivity index (χ3v) is 11.2. The quantitative estimate of drug-likeness (QED) is 0.142. The van der Waals surface area contributed by atoms with Gasteiger partial charge in [-0.3, -0.25) is 0 Å². The first kappa shape index (κ1) is 34.3. The van der Waals surface area contributed by atoms with Crippen molar-refractivity contribution in [3.8, 4) is 0 Å². The Balaban J connectivity index is 1.29. The molecule has 0 aliphatic carbocycles. The molecule has 0 fully saturated rings. The molecular weight excluding hydrogens is 673 g/mol. The highest BCUT2D eigenvalue weighted by Gasteiger charge is 2.59. The van der Waals surface area contributed by atoms with Crippen LogP contribution >= 0.6 is 0 Å². The van der Waals surface area contributed by atoms with Gasteiger partial charge in [0.25, 0.3) is 0 Å². The highest BCUT2D eigenvalue weighted by molar-refractivity contribution is 6.07. The SMILES string of the molecule is CC(Cc1ccccc1)(C1=N[C@@H](c2ccccc2)C(c2ccccc2)(c2ccccc2)O1)C1=N[C@@H](c2ccccc2)C(c2ccccc2)(c2ccccc2)O1. The van der Waals surface area contributed by atoms with Crippen molar-refractivity contribution >= 4 is 11.8 Å². The van der Waals surface area contributed by atoms with Crippen molar-refractivity contribution in [1.82, 2.24) is 0 Å². The van der Waals surface area contributed by atoms with E-state index in [2.05, 4.69) is 183 Å². The van der Waals surface area contributed by atoms with E-state index in [0.29, 0.717) is 18.2 Å². The van der Waals surface area contributed by atoms with Gasteiger partial charge in [0, 0.05) is 22.3 Å². The van der Waals surface area contributed by atoms with Gasteiger partial charge in [-0.25, -0.2) is 9.98 Å². The van der Waals surface area contributed by atoms with Crippen LogP contribution in [-0.4, -0.2) is 11.8 Å². The molecule has 0 saturated carbocycles. The molecular formula is C51H42N2O2. The summed E-state index contributed by atoms with van der Waals surface area (Å²) in [5, 5.41) is 0. The molecule has 0 bridgehead atoms. The molecule has 4 heteroatoms. The number of ether oxygens (including phenoxy) is 2. The van der Waals surface area contributed by atoms with Crippen LogP contribution < -0.4 is 0 Å². The van der Waals surface area contributed by atoms with Crippen LogP contribution in [0.15, 0.2) is 222 Å². The molecule has 0 N–H and O–H groups in total. The number of nitrogens with zero attached hydrogens (tertiary/aromatic N) is 2. The molecule has 0 radical (unpaired) electrons. The van der Waals surface area contributed by atoms with Crippen LogP contribution in [0.3, 0.4) is 0 Å². The predicted octanol–water partition coefficient (Wildman–Crippen LogP) is 11.5. The largest absolute Gasteiger partial charge is 0.461 e. The van der Waals surface area contributed by atoms with Crippen molar-refractivity contribution in [3.63, 3.8) is 0 Å². The van der Waals surface area contributed by atoms with E-state index in [0.717, 1.165) is 38.9 Å². The summed E-state index contributed by atoms with van der Waals surface area (Å²) >= 11 is 0. The topological polar surface area (TPSA) is 43.2 Å². The minimum absolute atomic E-state index is 0.400. The highest BCUT2D eigenvalue weighted by Crippen LogP contribution is 2.56. The Labute approximate surface area is 323 Å². The first-order chi connectivity index (χ1) is 27.1. The summed E-state index contributed by atoms with van der Waals surface area (Å²) in [5.74, 6) is 1.17. The Morgan fingerprint density at radius 1 is 0.400 bits per heavy atom. The first-order valence-electron chi connectivity index (χ1n) is 19.0. The molecule has 2 atom stereocenters. The summed E-state index contributed by atoms with van der Waals surface area (Å²) in [6, 6.07) is 72.8. The van der Waals surface area contributed by atoms with E-state index in [9.17, 15) is 0 Å². The van der Waals surface area contributed by atoms with E-state index >= 15 is 0 Å². The number of rotatable bonds is 10. The summed E-state index contributed by atoms with van der Waals surface area (Å²) in [5.41, 5.74) is 4.48. The van der Waals surface area contributed by atoms with Crippen molar-refractivity contribution in [2.75, 3.05) is 0 Å². The molecule has 0 unspecified atom stereocenters. The standard InChI is InChI=1S/C51H42N2O2/c1-49(37-38-23-9-2-10-24-38,47-52-45(39-25-11-3-12-26-39)50(54-47,41-29-15-5-16-30-41)42-31-17-6-18-32-42)48-53-46(40-27-13-4-14-28-40)51(55-48,43-33-19-7-20-34-43)44-35-21-8-22-36-44/h2-36,45-46H,37H2,1H3/t45-,46-/m0/s1. The molecule has 7 aromatic rings. The Kier molecular flexibility index (Phi) is 8.95. The zero-order valence-corrected chi connectivity index (χ0v) is 30.8. The molecule has 2 heterocycles. The Morgan fingerprint density at radius 2 is 0.673 bits per heavy atom. The molecule has 0 amide bonds. The Morgan fingerprint density at radius 3 is 0.982 bits per heavy atom. The fourth-order valence-electron chi connectivity index (χ4n) is 8.48. The van der Waals surface area contributed by atoms with E-state index in [-0.39, 0.29) is 0 Å². The lowest BCUT2D eigenvalue weighted by Crippen LogP contribution is -2.44. The van der Waals surface area contributed by atoms with E-state index in [1.807, 2.05) is 36.4 Å². The molecule has 268 valence electrons. The van der Waals surface area contributed by atoms with Crippen LogP contribution in [0.1, 0.15) is 58.0 Å². The average Bonchev–Trinajstić information content (AvgIpc) is 3.89. The van der Waals surface area contributed by atoms with Crippen molar-refractivity contribution in [3.05, 3.63) is 251 Å². The lowest BCUT2D eigenvalue weighted by atomic mass is 9.77. The van der Waals surface area contributed by atoms with Gasteiger partial charge in [0.2, 0.25) is 11.8 Å². The first-order valence-corrected chi connectivity index (χ1v) is 19.0. The van der Waals surface area contributed by atoms with Crippen LogP contribution in [0, 0.1) is 5.41 Å². The van der Waals surface area contributed by atoms with Gasteiger partial charge in [-0.15, -0.1) is 0 Å². The van der Waals surface area contributed by atoms with Gasteiger partial charge in [0.15, 0.2) is 11.2 Å². The minimum atomic E-state index is -0.967. The molecule has 2 aliphatic heterocycles. The predicted molar refractivity (Wildman–Crippen MR) is 221 cm³/mol. The third-order valence-electron chi connectivity index (χ3n) is 11.2. The molecule has 55 heavy (non-hydrogen) atoms. The van der Waals surface area contributed by atoms with Gasteiger partial charge >= 0.3 is 0 Å². The number of hydrogen-bond donors (Lipinski definition) is 0. The van der Waals surface area contributed by atoms with Gasteiger partial charge in [-0.05, 0) is 30.0 Å². The molecule has 7 aromatic carbocycles. The number of benzene rings is 7. The van der Waals surface area contributed by atoms with Crippen molar-refractivity contribution < 1.29 is 9.47 Å². The molecule has 0 saturated heterocycles. The fourth-order valence-corrected chi connectivity index (χ4v) is 8.48. The van der Waals surface area contributed by atoms with Crippen LogP contribution in [0.2, 0.25) is 0 Å². The van der Waals surface area contributed by atoms with Gasteiger partial charge in [0.1, 0.15) is 17.5 Å². The summed E-state index contributed by atoms with van der Waals surface area (Å²) in [4.78, 5) is 11.4. The molecule has 0 spiro atoms. The van der Waals surface area contributed by atoms with Crippen molar-refractivity contribution in [2.45, 2.75) is 36.6 Å². The number of aliphatic imine (C=N–C) groups is 2. The zero-order valence-electron chi connectivity index (χ0n) is 30.8. The van der Waals surface area contributed by atoms with Crippen LogP contribution in [0.4, 0.5) is 0 Å². The second-order valence-electron chi connectivity index (χ2n) is 14.6. The van der Waals surface area contributed by atoms with Gasteiger partial charge < -0.3 is 9.47 Å². The van der Waals surface area contributed by atoms with Crippen LogP contribution in [-0.2, 0) is 27.1 Å². The zero-order chi connectivity index (χ0) is 37.1. The van der Waals surface area contributed by atoms with Crippen molar-refractivity contribution in [2.24, 2.45) is 15.4 Å². The lowest BCUT2D eigenvalue weighted by molar-refractivity contribution is 0.0712. The van der Waals surface area contributed by atoms with Gasteiger partial charge in [0.05, 0.1) is 0 Å². The maximum Gasteiger partial charge on any atom is 0.201 e. The van der Waals surface area contributed by atoms with Crippen LogP contribution in [0.5, 0.6) is 0 Å². The lowest BCUT2D eigenvalue weighted by Gasteiger charge is -2.38. The summed E-state index contributed by atoms with van der Waals surface area (Å²) < 4.78 is 15.3. The maximum atomic E-state index is 7.65. The smallest absolute Gasteiger partial charge is 0.201 e. The maximum absolute atomic E-state index is 7.65. The summed E-state index contributed by atoms with van der Waals surface area (Å²) in [6.07, 6.45) is 0.549. The Hall–Kier alpha value is -6.52. The van der Waals surface area contributed by atoms with E-state index in [1.165, 1.54) is 0 Å². The average molecular weight is 715 g/mol. The number of hydrogen-bond acceptors (Lipinski definition) is 4. The monoisotopic (exact) mass is 714 g/mol.